The van der Waals surface area contributed by atoms with Crippen LogP contribution >= 0.6 is 0 Å². The van der Waals surface area contributed by atoms with E-state index in [9.17, 15) is 4.39 Å². The summed E-state index contributed by atoms with van der Waals surface area (Å²) in [6.07, 6.45) is 1.59. The molecule has 1 heterocycles. The quantitative estimate of drug-likeness (QED) is 0.615. The summed E-state index contributed by atoms with van der Waals surface area (Å²) in [6, 6.07) is 18.8. The lowest BCUT2D eigenvalue weighted by atomic mass is 10.1. The Morgan fingerprint density at radius 2 is 1.65 bits per heavy atom. The maximum atomic E-state index is 13.7. The topological polar surface area (TPSA) is 49.8 Å². The third-order valence-corrected chi connectivity index (χ3v) is 3.99. The summed E-state index contributed by atoms with van der Waals surface area (Å²) in [5.74, 6) is 1.15. The number of anilines is 2. The van der Waals surface area contributed by atoms with Gasteiger partial charge in [-0.25, -0.2) is 9.37 Å². The van der Waals surface area contributed by atoms with Crippen LogP contribution in [0.3, 0.4) is 0 Å². The SMILES string of the molecule is CCCNc1cc(-c2ccccc2)nc(NCCc2ccccc2F)n1. The molecule has 2 aromatic carbocycles. The Labute approximate surface area is 153 Å². The third kappa shape index (κ3) is 4.79. The average molecular weight is 350 g/mol. The second kappa shape index (κ2) is 8.94. The van der Waals surface area contributed by atoms with E-state index in [1.807, 2.05) is 42.5 Å². The molecule has 0 aliphatic rings. The van der Waals surface area contributed by atoms with Crippen LogP contribution in [-0.4, -0.2) is 23.1 Å². The summed E-state index contributed by atoms with van der Waals surface area (Å²) < 4.78 is 13.7. The molecular formula is C21H23FN4. The summed E-state index contributed by atoms with van der Waals surface area (Å²) in [5.41, 5.74) is 2.57. The molecule has 0 radical (unpaired) electrons. The highest BCUT2D eigenvalue weighted by molar-refractivity contribution is 5.64. The highest BCUT2D eigenvalue weighted by Crippen LogP contribution is 2.21. The predicted octanol–water partition coefficient (Wildman–Crippen LogP) is 4.76. The first kappa shape index (κ1) is 17.9. The van der Waals surface area contributed by atoms with E-state index in [1.165, 1.54) is 6.07 Å². The first-order chi connectivity index (χ1) is 12.8. The van der Waals surface area contributed by atoms with Crippen LogP contribution in [0.1, 0.15) is 18.9 Å². The smallest absolute Gasteiger partial charge is 0.225 e. The minimum atomic E-state index is -0.182. The van der Waals surface area contributed by atoms with Gasteiger partial charge in [0.1, 0.15) is 11.6 Å². The van der Waals surface area contributed by atoms with Gasteiger partial charge in [0.2, 0.25) is 5.95 Å². The Hall–Kier alpha value is -2.95. The van der Waals surface area contributed by atoms with Crippen molar-refractivity contribution in [2.24, 2.45) is 0 Å². The first-order valence-corrected chi connectivity index (χ1v) is 8.92. The van der Waals surface area contributed by atoms with Gasteiger partial charge in [-0.3, -0.25) is 0 Å². The molecule has 0 saturated heterocycles. The van der Waals surface area contributed by atoms with Crippen molar-refractivity contribution in [3.8, 4) is 11.3 Å². The van der Waals surface area contributed by atoms with Crippen molar-refractivity contribution in [2.75, 3.05) is 23.7 Å². The number of nitrogens with one attached hydrogen (secondary N) is 2. The molecule has 5 heteroatoms. The summed E-state index contributed by atoms with van der Waals surface area (Å²) in [5, 5.41) is 6.53. The van der Waals surface area contributed by atoms with E-state index in [4.69, 9.17) is 0 Å². The molecule has 3 aromatic rings. The van der Waals surface area contributed by atoms with Crippen molar-refractivity contribution in [3.63, 3.8) is 0 Å². The molecule has 2 N–H and O–H groups in total. The second-order valence-corrected chi connectivity index (χ2v) is 6.02. The number of benzene rings is 2. The van der Waals surface area contributed by atoms with Gasteiger partial charge in [-0.1, -0.05) is 55.5 Å². The van der Waals surface area contributed by atoms with Gasteiger partial charge in [0.25, 0.3) is 0 Å². The van der Waals surface area contributed by atoms with Crippen molar-refractivity contribution in [1.82, 2.24) is 9.97 Å². The monoisotopic (exact) mass is 350 g/mol. The van der Waals surface area contributed by atoms with Crippen LogP contribution in [0.5, 0.6) is 0 Å². The number of nitrogens with zero attached hydrogens (tertiary/aromatic N) is 2. The molecule has 0 bridgehead atoms. The second-order valence-electron chi connectivity index (χ2n) is 6.02. The zero-order valence-electron chi connectivity index (χ0n) is 14.9. The van der Waals surface area contributed by atoms with Crippen molar-refractivity contribution >= 4 is 11.8 Å². The van der Waals surface area contributed by atoms with Crippen LogP contribution in [-0.2, 0) is 6.42 Å². The number of rotatable bonds is 8. The highest BCUT2D eigenvalue weighted by Gasteiger charge is 2.07. The molecule has 0 aliphatic carbocycles. The Bertz CT molecular complexity index is 836. The van der Waals surface area contributed by atoms with Crippen molar-refractivity contribution in [1.29, 1.82) is 0 Å². The van der Waals surface area contributed by atoms with Gasteiger partial charge in [-0.05, 0) is 24.5 Å². The number of hydrogen-bond donors (Lipinski definition) is 2. The Morgan fingerprint density at radius 3 is 2.42 bits per heavy atom. The van der Waals surface area contributed by atoms with Crippen molar-refractivity contribution in [3.05, 3.63) is 72.0 Å². The molecule has 0 atom stereocenters. The van der Waals surface area contributed by atoms with Crippen LogP contribution in [0.4, 0.5) is 16.2 Å². The molecule has 0 aliphatic heterocycles. The summed E-state index contributed by atoms with van der Waals surface area (Å²) >= 11 is 0. The lowest BCUT2D eigenvalue weighted by Gasteiger charge is -2.11. The molecule has 3 rings (SSSR count). The standard InChI is InChI=1S/C21H23FN4/c1-2-13-23-20-15-19(17-9-4-3-5-10-17)25-21(26-20)24-14-12-16-8-6-7-11-18(16)22/h3-11,15H,2,12-14H2,1H3,(H2,23,24,25,26). The molecule has 0 fully saturated rings. The fourth-order valence-corrected chi connectivity index (χ4v) is 2.64. The Balaban J connectivity index is 1.75. The van der Waals surface area contributed by atoms with E-state index in [0.717, 1.165) is 30.0 Å². The number of hydrogen-bond acceptors (Lipinski definition) is 4. The molecule has 0 saturated carbocycles. The predicted molar refractivity (Wildman–Crippen MR) is 105 cm³/mol. The number of halogens is 1. The zero-order chi connectivity index (χ0) is 18.2. The van der Waals surface area contributed by atoms with E-state index >= 15 is 0 Å². The van der Waals surface area contributed by atoms with E-state index in [1.54, 1.807) is 12.1 Å². The Kier molecular flexibility index (Phi) is 6.14. The van der Waals surface area contributed by atoms with Crippen LogP contribution in [0.15, 0.2) is 60.7 Å². The maximum absolute atomic E-state index is 13.7. The van der Waals surface area contributed by atoms with Gasteiger partial charge in [0.05, 0.1) is 5.69 Å². The van der Waals surface area contributed by atoms with Gasteiger partial charge in [0, 0.05) is 24.7 Å². The van der Waals surface area contributed by atoms with Crippen LogP contribution in [0, 0.1) is 5.82 Å². The van der Waals surface area contributed by atoms with Gasteiger partial charge in [-0.15, -0.1) is 0 Å². The van der Waals surface area contributed by atoms with E-state index < -0.39 is 0 Å². The van der Waals surface area contributed by atoms with Gasteiger partial charge in [-0.2, -0.15) is 4.98 Å². The first-order valence-electron chi connectivity index (χ1n) is 8.92. The van der Waals surface area contributed by atoms with Gasteiger partial charge in [0.15, 0.2) is 0 Å². The fraction of sp³-hybridized carbons (Fsp3) is 0.238. The van der Waals surface area contributed by atoms with Gasteiger partial charge < -0.3 is 10.6 Å². The zero-order valence-corrected chi connectivity index (χ0v) is 14.9. The number of aromatic nitrogens is 2. The van der Waals surface area contributed by atoms with E-state index in [-0.39, 0.29) is 5.82 Å². The van der Waals surface area contributed by atoms with Crippen LogP contribution < -0.4 is 10.6 Å². The fourth-order valence-electron chi connectivity index (χ4n) is 2.64. The van der Waals surface area contributed by atoms with Crippen LogP contribution in [0.2, 0.25) is 0 Å². The third-order valence-electron chi connectivity index (χ3n) is 3.99. The van der Waals surface area contributed by atoms with Gasteiger partial charge >= 0.3 is 0 Å². The molecule has 26 heavy (non-hydrogen) atoms. The lowest BCUT2D eigenvalue weighted by molar-refractivity contribution is 0.610. The minimum absolute atomic E-state index is 0.182. The van der Waals surface area contributed by atoms with Crippen molar-refractivity contribution in [2.45, 2.75) is 19.8 Å². The molecule has 0 spiro atoms. The minimum Gasteiger partial charge on any atom is -0.370 e. The lowest BCUT2D eigenvalue weighted by Crippen LogP contribution is -2.11. The largest absolute Gasteiger partial charge is 0.370 e. The summed E-state index contributed by atoms with van der Waals surface area (Å²) in [7, 11) is 0. The molecule has 4 nitrogen and oxygen atoms in total. The molecule has 0 unspecified atom stereocenters. The molecule has 0 amide bonds. The normalized spacial score (nSPS) is 10.5. The Morgan fingerprint density at radius 1 is 0.885 bits per heavy atom. The molecule has 134 valence electrons. The van der Waals surface area contributed by atoms with Crippen molar-refractivity contribution < 1.29 is 4.39 Å². The average Bonchev–Trinajstić information content (AvgIpc) is 2.68. The van der Waals surface area contributed by atoms with E-state index in [2.05, 4.69) is 27.5 Å². The highest BCUT2D eigenvalue weighted by atomic mass is 19.1. The maximum Gasteiger partial charge on any atom is 0.225 e. The molecular weight excluding hydrogens is 327 g/mol. The van der Waals surface area contributed by atoms with Crippen LogP contribution in [0.25, 0.3) is 11.3 Å². The molecule has 1 aromatic heterocycles. The van der Waals surface area contributed by atoms with E-state index in [0.29, 0.717) is 24.5 Å². The summed E-state index contributed by atoms with van der Waals surface area (Å²) in [6.45, 7) is 3.52. The summed E-state index contributed by atoms with van der Waals surface area (Å²) in [4.78, 5) is 9.13.